The normalized spacial score (nSPS) is 10.8. The van der Waals surface area contributed by atoms with Crippen LogP contribution in [0.2, 0.25) is 0 Å². The Morgan fingerprint density at radius 1 is 1.11 bits per heavy atom. The van der Waals surface area contributed by atoms with E-state index in [9.17, 15) is 0 Å². The SMILES string of the molecule is CCCCCCCn1cc(-c2ccccc2I)cn1. The summed E-state index contributed by atoms with van der Waals surface area (Å²) in [7, 11) is 0. The summed E-state index contributed by atoms with van der Waals surface area (Å²) in [5.74, 6) is 0. The van der Waals surface area contributed by atoms with Gasteiger partial charge in [-0.2, -0.15) is 5.10 Å². The van der Waals surface area contributed by atoms with Crippen LogP contribution in [0.25, 0.3) is 11.1 Å². The predicted molar refractivity (Wildman–Crippen MR) is 89.1 cm³/mol. The minimum atomic E-state index is 1.03. The van der Waals surface area contributed by atoms with Crippen molar-refractivity contribution in [3.8, 4) is 11.1 Å². The van der Waals surface area contributed by atoms with E-state index in [1.807, 2.05) is 6.20 Å². The summed E-state index contributed by atoms with van der Waals surface area (Å²) in [5.41, 5.74) is 2.50. The molecule has 0 bridgehead atoms. The Morgan fingerprint density at radius 2 is 1.89 bits per heavy atom. The van der Waals surface area contributed by atoms with Crippen LogP contribution in [0.4, 0.5) is 0 Å². The van der Waals surface area contributed by atoms with E-state index in [0.29, 0.717) is 0 Å². The lowest BCUT2D eigenvalue weighted by molar-refractivity contribution is 0.533. The van der Waals surface area contributed by atoms with E-state index in [1.165, 1.54) is 46.8 Å². The van der Waals surface area contributed by atoms with Gasteiger partial charge in [-0.15, -0.1) is 0 Å². The Labute approximate surface area is 129 Å². The highest BCUT2D eigenvalue weighted by Gasteiger charge is 2.04. The van der Waals surface area contributed by atoms with E-state index in [-0.39, 0.29) is 0 Å². The molecule has 3 heteroatoms. The molecule has 0 radical (unpaired) electrons. The molecule has 2 nitrogen and oxygen atoms in total. The number of hydrogen-bond donors (Lipinski definition) is 0. The molecule has 102 valence electrons. The van der Waals surface area contributed by atoms with Crippen LogP contribution < -0.4 is 0 Å². The molecule has 2 aromatic rings. The summed E-state index contributed by atoms with van der Waals surface area (Å²) in [6.45, 7) is 3.29. The molecule has 0 aliphatic rings. The van der Waals surface area contributed by atoms with E-state index >= 15 is 0 Å². The first-order valence-electron chi connectivity index (χ1n) is 7.08. The van der Waals surface area contributed by atoms with Crippen LogP contribution in [0.1, 0.15) is 39.0 Å². The number of aromatic nitrogens is 2. The summed E-state index contributed by atoms with van der Waals surface area (Å²) < 4.78 is 3.35. The summed E-state index contributed by atoms with van der Waals surface area (Å²) in [4.78, 5) is 0. The Hall–Kier alpha value is -0.840. The highest BCUT2D eigenvalue weighted by atomic mass is 127. The molecule has 0 amide bonds. The fraction of sp³-hybridized carbons (Fsp3) is 0.438. The van der Waals surface area contributed by atoms with Gasteiger partial charge in [0.25, 0.3) is 0 Å². The molecular weight excluding hydrogens is 347 g/mol. The highest BCUT2D eigenvalue weighted by Crippen LogP contribution is 2.24. The average Bonchev–Trinajstić information content (AvgIpc) is 2.88. The van der Waals surface area contributed by atoms with Crippen LogP contribution in [-0.4, -0.2) is 9.78 Å². The first-order chi connectivity index (χ1) is 9.31. The van der Waals surface area contributed by atoms with Crippen LogP contribution in [0.3, 0.4) is 0 Å². The largest absolute Gasteiger partial charge is 0.272 e. The fourth-order valence-electron chi connectivity index (χ4n) is 2.20. The van der Waals surface area contributed by atoms with Gasteiger partial charge < -0.3 is 0 Å². The zero-order chi connectivity index (χ0) is 13.5. The second kappa shape index (κ2) is 7.68. The topological polar surface area (TPSA) is 17.8 Å². The molecule has 2 rings (SSSR count). The van der Waals surface area contributed by atoms with Gasteiger partial charge in [0.15, 0.2) is 0 Å². The van der Waals surface area contributed by atoms with Gasteiger partial charge >= 0.3 is 0 Å². The lowest BCUT2D eigenvalue weighted by atomic mass is 10.1. The number of unbranched alkanes of at least 4 members (excludes halogenated alkanes) is 4. The maximum Gasteiger partial charge on any atom is 0.0568 e. The Bertz CT molecular complexity index is 505. The number of halogens is 1. The quantitative estimate of drug-likeness (QED) is 0.490. The molecule has 0 spiro atoms. The molecule has 0 N–H and O–H groups in total. The maximum absolute atomic E-state index is 4.46. The van der Waals surface area contributed by atoms with Crippen molar-refractivity contribution in [1.82, 2.24) is 9.78 Å². The first kappa shape index (κ1) is 14.6. The van der Waals surface area contributed by atoms with Gasteiger partial charge in [0, 0.05) is 21.9 Å². The third-order valence-electron chi connectivity index (χ3n) is 3.31. The average molecular weight is 368 g/mol. The number of nitrogens with zero attached hydrogens (tertiary/aromatic N) is 2. The first-order valence-corrected chi connectivity index (χ1v) is 8.16. The lowest BCUT2D eigenvalue weighted by Crippen LogP contribution is -1.97. The van der Waals surface area contributed by atoms with Crippen molar-refractivity contribution in [3.05, 3.63) is 40.2 Å². The van der Waals surface area contributed by atoms with Crippen LogP contribution in [-0.2, 0) is 6.54 Å². The third-order valence-corrected chi connectivity index (χ3v) is 4.25. The minimum Gasteiger partial charge on any atom is -0.272 e. The van der Waals surface area contributed by atoms with Gasteiger partial charge in [-0.3, -0.25) is 4.68 Å². The summed E-state index contributed by atoms with van der Waals surface area (Å²) in [6, 6.07) is 8.45. The number of rotatable bonds is 7. The van der Waals surface area contributed by atoms with Crippen molar-refractivity contribution in [3.63, 3.8) is 0 Å². The molecule has 0 aliphatic carbocycles. The van der Waals surface area contributed by atoms with E-state index in [0.717, 1.165) is 6.54 Å². The molecule has 0 fully saturated rings. The van der Waals surface area contributed by atoms with Crippen LogP contribution in [0, 0.1) is 3.57 Å². The van der Waals surface area contributed by atoms with Crippen molar-refractivity contribution in [2.24, 2.45) is 0 Å². The van der Waals surface area contributed by atoms with E-state index < -0.39 is 0 Å². The van der Waals surface area contributed by atoms with E-state index in [1.54, 1.807) is 0 Å². The second-order valence-corrected chi connectivity index (χ2v) is 6.05. The molecule has 1 aromatic carbocycles. The van der Waals surface area contributed by atoms with Crippen LogP contribution >= 0.6 is 22.6 Å². The van der Waals surface area contributed by atoms with Gasteiger partial charge in [-0.1, -0.05) is 50.8 Å². The van der Waals surface area contributed by atoms with E-state index in [2.05, 4.69) is 69.8 Å². The standard InChI is InChI=1S/C16H21IN2/c1-2-3-4-5-8-11-19-13-14(12-18-19)15-9-6-7-10-16(15)17/h6-7,9-10,12-13H,2-5,8,11H2,1H3. The molecule has 0 saturated heterocycles. The molecule has 0 aliphatic heterocycles. The van der Waals surface area contributed by atoms with Gasteiger partial charge in [0.05, 0.1) is 6.20 Å². The Balaban J connectivity index is 1.91. The van der Waals surface area contributed by atoms with E-state index in [4.69, 9.17) is 0 Å². The molecule has 0 unspecified atom stereocenters. The van der Waals surface area contributed by atoms with Gasteiger partial charge in [0.1, 0.15) is 0 Å². The van der Waals surface area contributed by atoms with Crippen molar-refractivity contribution >= 4 is 22.6 Å². The van der Waals surface area contributed by atoms with Crippen molar-refractivity contribution in [2.75, 3.05) is 0 Å². The van der Waals surface area contributed by atoms with Crippen molar-refractivity contribution in [1.29, 1.82) is 0 Å². The summed E-state index contributed by atoms with van der Waals surface area (Å²) in [6.07, 6.45) is 10.7. The maximum atomic E-state index is 4.46. The smallest absolute Gasteiger partial charge is 0.0568 e. The highest BCUT2D eigenvalue weighted by molar-refractivity contribution is 14.1. The predicted octanol–water partition coefficient (Wildman–Crippen LogP) is 5.13. The molecule has 0 saturated carbocycles. The third kappa shape index (κ3) is 4.34. The zero-order valence-electron chi connectivity index (χ0n) is 11.5. The molecule has 19 heavy (non-hydrogen) atoms. The van der Waals surface area contributed by atoms with Crippen LogP contribution in [0.15, 0.2) is 36.7 Å². The number of hydrogen-bond acceptors (Lipinski definition) is 1. The summed E-state index contributed by atoms with van der Waals surface area (Å²) in [5, 5.41) is 4.46. The zero-order valence-corrected chi connectivity index (χ0v) is 13.6. The monoisotopic (exact) mass is 368 g/mol. The van der Waals surface area contributed by atoms with Gasteiger partial charge in [-0.25, -0.2) is 0 Å². The second-order valence-electron chi connectivity index (χ2n) is 4.89. The number of aryl methyl sites for hydroxylation is 1. The minimum absolute atomic E-state index is 1.03. The van der Waals surface area contributed by atoms with Crippen molar-refractivity contribution in [2.45, 2.75) is 45.6 Å². The lowest BCUT2D eigenvalue weighted by Gasteiger charge is -2.02. The fourth-order valence-corrected chi connectivity index (χ4v) is 2.90. The molecule has 1 heterocycles. The molecular formula is C16H21IN2. The van der Waals surface area contributed by atoms with Gasteiger partial charge in [0.2, 0.25) is 0 Å². The van der Waals surface area contributed by atoms with Crippen molar-refractivity contribution < 1.29 is 0 Å². The Morgan fingerprint density at radius 3 is 2.68 bits per heavy atom. The number of benzene rings is 1. The van der Waals surface area contributed by atoms with Crippen LogP contribution in [0.5, 0.6) is 0 Å². The molecule has 0 atom stereocenters. The Kier molecular flexibility index (Phi) is 5.89. The summed E-state index contributed by atoms with van der Waals surface area (Å²) >= 11 is 2.38. The van der Waals surface area contributed by atoms with Gasteiger partial charge in [-0.05, 0) is 40.6 Å². The molecule has 1 aromatic heterocycles.